The van der Waals surface area contributed by atoms with E-state index in [9.17, 15) is 10.1 Å². The van der Waals surface area contributed by atoms with E-state index < -0.39 is 11.7 Å². The average molecular weight is 442 g/mol. The zero-order chi connectivity index (χ0) is 24.3. The van der Waals surface area contributed by atoms with Crippen LogP contribution >= 0.6 is 0 Å². The van der Waals surface area contributed by atoms with Crippen LogP contribution < -0.4 is 5.32 Å². The molecule has 7 heteroatoms. The molecule has 0 saturated carbocycles. The Kier molecular flexibility index (Phi) is 6.55. The maximum absolute atomic E-state index is 12.2. The molecule has 0 spiro atoms. The first-order chi connectivity index (χ1) is 15.6. The molecule has 0 radical (unpaired) electrons. The zero-order valence-corrected chi connectivity index (χ0v) is 19.8. The highest BCUT2D eigenvalue weighted by molar-refractivity contribution is 5.85. The third-order valence-corrected chi connectivity index (χ3v) is 5.27. The number of anilines is 1. The van der Waals surface area contributed by atoms with Gasteiger partial charge in [-0.3, -0.25) is 5.32 Å². The minimum Gasteiger partial charge on any atom is -0.444 e. The Bertz CT molecular complexity index is 1280. The highest BCUT2D eigenvalue weighted by Crippen LogP contribution is 2.34. The van der Waals surface area contributed by atoms with Crippen molar-refractivity contribution >= 4 is 11.9 Å². The largest absolute Gasteiger partial charge is 0.444 e. The summed E-state index contributed by atoms with van der Waals surface area (Å²) in [6.45, 7) is 11.3. The normalized spacial score (nSPS) is 10.9. The van der Waals surface area contributed by atoms with Crippen molar-refractivity contribution in [3.63, 3.8) is 0 Å². The second kappa shape index (κ2) is 9.18. The number of carbonyl (C=O) groups is 1. The lowest BCUT2D eigenvalue weighted by molar-refractivity contribution is 0.0635. The summed E-state index contributed by atoms with van der Waals surface area (Å²) >= 11 is 0. The van der Waals surface area contributed by atoms with Gasteiger partial charge in [-0.2, -0.15) is 10.5 Å². The average Bonchev–Trinajstić information content (AvgIpc) is 3.02. The van der Waals surface area contributed by atoms with E-state index in [1.165, 1.54) is 0 Å². The van der Waals surface area contributed by atoms with Crippen LogP contribution in [-0.4, -0.2) is 21.2 Å². The summed E-state index contributed by atoms with van der Waals surface area (Å²) in [6, 6.07) is 13.6. The summed E-state index contributed by atoms with van der Waals surface area (Å²) in [7, 11) is 0. The third kappa shape index (κ3) is 4.88. The van der Waals surface area contributed by atoms with Crippen LogP contribution in [0.4, 0.5) is 10.6 Å². The smallest absolute Gasteiger partial charge is 0.413 e. The number of carbonyl (C=O) groups excluding carboxylic acids is 1. The molecule has 0 atom stereocenters. The van der Waals surface area contributed by atoms with E-state index in [1.807, 2.05) is 43.5 Å². The Hall–Kier alpha value is -4.10. The van der Waals surface area contributed by atoms with Gasteiger partial charge in [-0.25, -0.2) is 9.78 Å². The van der Waals surface area contributed by atoms with E-state index in [0.717, 1.165) is 33.8 Å². The lowest BCUT2D eigenvalue weighted by Crippen LogP contribution is -2.27. The fourth-order valence-corrected chi connectivity index (χ4v) is 3.83. The number of aryl methyl sites for hydroxylation is 1. The molecule has 3 aromatic rings. The number of ether oxygens (including phenoxy) is 1. The first-order valence-electron chi connectivity index (χ1n) is 10.7. The monoisotopic (exact) mass is 441 g/mol. The summed E-state index contributed by atoms with van der Waals surface area (Å²) < 4.78 is 7.34. The predicted octanol–water partition coefficient (Wildman–Crippen LogP) is 5.81. The molecule has 0 aliphatic carbocycles. The minimum atomic E-state index is -0.606. The van der Waals surface area contributed by atoms with Crippen molar-refractivity contribution in [3.8, 4) is 29.0 Å². The van der Waals surface area contributed by atoms with Gasteiger partial charge in [-0.15, -0.1) is 0 Å². The minimum absolute atomic E-state index is 0.450. The van der Waals surface area contributed by atoms with E-state index >= 15 is 0 Å². The predicted molar refractivity (Wildman–Crippen MR) is 127 cm³/mol. The Morgan fingerprint density at radius 1 is 1.12 bits per heavy atom. The lowest BCUT2D eigenvalue weighted by Gasteiger charge is -2.20. The first kappa shape index (κ1) is 23.6. The van der Waals surface area contributed by atoms with Gasteiger partial charge in [0.2, 0.25) is 0 Å². The Morgan fingerprint density at radius 2 is 1.79 bits per heavy atom. The summed E-state index contributed by atoms with van der Waals surface area (Å²) in [4.78, 5) is 16.7. The van der Waals surface area contributed by atoms with Gasteiger partial charge in [0.05, 0.1) is 29.1 Å². The number of nitriles is 2. The van der Waals surface area contributed by atoms with Crippen LogP contribution in [0.25, 0.3) is 16.8 Å². The Morgan fingerprint density at radius 3 is 2.33 bits per heavy atom. The molecule has 0 aliphatic heterocycles. The molecular formula is C26H27N5O2. The number of pyridine rings is 1. The van der Waals surface area contributed by atoms with Gasteiger partial charge < -0.3 is 9.30 Å². The molecule has 2 aromatic heterocycles. The standard InChI is InChI=1S/C26H27N5O2/c1-7-19-12-21(15-29-24(19)30-25(32)33-26(4,5)6)31-16(2)22(14-28)23(17(31)3)20-10-8-18(13-27)9-11-20/h8-12,15H,7H2,1-6H3,(H,29,30,32). The van der Waals surface area contributed by atoms with Gasteiger partial charge in [-0.05, 0) is 70.4 Å². The van der Waals surface area contributed by atoms with Crippen molar-refractivity contribution in [3.05, 3.63) is 64.6 Å². The van der Waals surface area contributed by atoms with Crippen LogP contribution in [0.1, 0.15) is 55.8 Å². The van der Waals surface area contributed by atoms with Gasteiger partial charge in [0.1, 0.15) is 17.5 Å². The molecule has 0 fully saturated rings. The lowest BCUT2D eigenvalue weighted by atomic mass is 10.0. The van der Waals surface area contributed by atoms with Crippen LogP contribution in [0, 0.1) is 36.5 Å². The summed E-state index contributed by atoms with van der Waals surface area (Å²) in [6.07, 6.45) is 1.77. The van der Waals surface area contributed by atoms with E-state index in [2.05, 4.69) is 22.4 Å². The SMILES string of the molecule is CCc1cc(-n2c(C)c(C#N)c(-c3ccc(C#N)cc3)c2C)cnc1NC(=O)OC(C)(C)C. The number of aromatic nitrogens is 2. The molecule has 0 unspecified atom stereocenters. The van der Waals surface area contributed by atoms with Gasteiger partial charge >= 0.3 is 6.09 Å². The van der Waals surface area contributed by atoms with Crippen LogP contribution in [0.2, 0.25) is 0 Å². The number of nitrogens with one attached hydrogen (secondary N) is 1. The maximum Gasteiger partial charge on any atom is 0.413 e. The summed E-state index contributed by atoms with van der Waals surface area (Å²) in [5, 5.41) is 21.7. The van der Waals surface area contributed by atoms with Crippen LogP contribution in [0.15, 0.2) is 36.5 Å². The van der Waals surface area contributed by atoms with Crippen LogP contribution in [0.5, 0.6) is 0 Å². The molecule has 7 nitrogen and oxygen atoms in total. The van der Waals surface area contributed by atoms with Crippen molar-refractivity contribution in [1.29, 1.82) is 10.5 Å². The second-order valence-electron chi connectivity index (χ2n) is 8.74. The summed E-state index contributed by atoms with van der Waals surface area (Å²) in [5.41, 5.74) is 5.58. The molecule has 3 rings (SSSR count). The number of rotatable bonds is 4. The molecule has 1 aromatic carbocycles. The molecule has 1 amide bonds. The quantitative estimate of drug-likeness (QED) is 0.550. The number of hydrogen-bond acceptors (Lipinski definition) is 5. The molecule has 2 heterocycles. The molecule has 0 aliphatic rings. The summed E-state index contributed by atoms with van der Waals surface area (Å²) in [5.74, 6) is 0.450. The number of nitrogens with zero attached hydrogens (tertiary/aromatic N) is 4. The van der Waals surface area contributed by atoms with Gasteiger partial charge in [0.25, 0.3) is 0 Å². The maximum atomic E-state index is 12.2. The van der Waals surface area contributed by atoms with E-state index in [-0.39, 0.29) is 0 Å². The number of amides is 1. The first-order valence-corrected chi connectivity index (χ1v) is 10.7. The van der Waals surface area contributed by atoms with Crippen molar-refractivity contribution in [1.82, 2.24) is 9.55 Å². The van der Waals surface area contributed by atoms with Crippen LogP contribution in [0.3, 0.4) is 0 Å². The Balaban J connectivity index is 2.06. The molecule has 0 bridgehead atoms. The Labute approximate surface area is 194 Å². The fourth-order valence-electron chi connectivity index (χ4n) is 3.83. The van der Waals surface area contributed by atoms with Crippen LogP contribution in [-0.2, 0) is 11.2 Å². The van der Waals surface area contributed by atoms with Gasteiger partial charge in [0, 0.05) is 17.0 Å². The van der Waals surface area contributed by atoms with Crippen molar-refractivity contribution < 1.29 is 9.53 Å². The fraction of sp³-hybridized carbons (Fsp3) is 0.308. The molecular weight excluding hydrogens is 414 g/mol. The highest BCUT2D eigenvalue weighted by atomic mass is 16.6. The third-order valence-electron chi connectivity index (χ3n) is 5.27. The van der Waals surface area contributed by atoms with Gasteiger partial charge in [0.15, 0.2) is 0 Å². The molecule has 1 N–H and O–H groups in total. The molecule has 0 saturated heterocycles. The number of hydrogen-bond donors (Lipinski definition) is 1. The van der Waals surface area contributed by atoms with E-state index in [1.54, 1.807) is 39.1 Å². The van der Waals surface area contributed by atoms with E-state index in [0.29, 0.717) is 23.4 Å². The van der Waals surface area contributed by atoms with Crippen molar-refractivity contribution in [2.45, 2.75) is 53.6 Å². The second-order valence-corrected chi connectivity index (χ2v) is 8.74. The van der Waals surface area contributed by atoms with Gasteiger partial charge in [-0.1, -0.05) is 19.1 Å². The molecule has 168 valence electrons. The number of benzene rings is 1. The van der Waals surface area contributed by atoms with E-state index in [4.69, 9.17) is 10.00 Å². The van der Waals surface area contributed by atoms with Crippen molar-refractivity contribution in [2.24, 2.45) is 0 Å². The zero-order valence-electron chi connectivity index (χ0n) is 19.8. The topological polar surface area (TPSA) is 104 Å². The van der Waals surface area contributed by atoms with Crippen molar-refractivity contribution in [2.75, 3.05) is 5.32 Å². The molecule has 33 heavy (non-hydrogen) atoms. The highest BCUT2D eigenvalue weighted by Gasteiger charge is 2.22.